The predicted molar refractivity (Wildman–Crippen MR) is 83.1 cm³/mol. The van der Waals surface area contributed by atoms with Gasteiger partial charge in [-0.2, -0.15) is 0 Å². The summed E-state index contributed by atoms with van der Waals surface area (Å²) in [6.07, 6.45) is 2.70. The molecule has 0 aliphatic heterocycles. The summed E-state index contributed by atoms with van der Waals surface area (Å²) in [5.74, 6) is 1.91. The zero-order valence-electron chi connectivity index (χ0n) is 13.1. The highest BCUT2D eigenvalue weighted by molar-refractivity contribution is 5.43. The number of pyridine rings is 1. The number of nitrogens with one attached hydrogen (secondary N) is 1. The Morgan fingerprint density at radius 1 is 1.45 bits per heavy atom. The van der Waals surface area contributed by atoms with Crippen LogP contribution in [0.1, 0.15) is 31.0 Å². The molecule has 1 atom stereocenters. The zero-order chi connectivity index (χ0) is 14.5. The molecule has 0 aromatic carbocycles. The third kappa shape index (κ3) is 3.70. The number of nitrogens with zero attached hydrogens (tertiary/aromatic N) is 2. The first-order valence-corrected chi connectivity index (χ1v) is 7.54. The lowest BCUT2D eigenvalue weighted by Crippen LogP contribution is -2.38. The molecular formula is C16H27N3O. The Morgan fingerprint density at radius 2 is 2.20 bits per heavy atom. The van der Waals surface area contributed by atoms with Crippen LogP contribution < -0.4 is 10.2 Å². The SMILES string of the molecule is CNCc1ccc(N(CCOC)C(C)C2CC2)nc1C. The number of hydrogen-bond acceptors (Lipinski definition) is 4. The van der Waals surface area contributed by atoms with Crippen LogP contribution in [0.2, 0.25) is 0 Å². The van der Waals surface area contributed by atoms with E-state index < -0.39 is 0 Å². The first kappa shape index (κ1) is 15.3. The van der Waals surface area contributed by atoms with E-state index in [0.717, 1.165) is 37.1 Å². The third-order valence-electron chi connectivity index (χ3n) is 4.17. The fourth-order valence-electron chi connectivity index (χ4n) is 2.66. The summed E-state index contributed by atoms with van der Waals surface area (Å²) in [4.78, 5) is 7.21. The second-order valence-corrected chi connectivity index (χ2v) is 5.71. The molecule has 1 fully saturated rings. The van der Waals surface area contributed by atoms with E-state index in [9.17, 15) is 0 Å². The number of anilines is 1. The summed E-state index contributed by atoms with van der Waals surface area (Å²) < 4.78 is 5.26. The van der Waals surface area contributed by atoms with Gasteiger partial charge in [-0.3, -0.25) is 0 Å². The van der Waals surface area contributed by atoms with E-state index in [-0.39, 0.29) is 0 Å². The van der Waals surface area contributed by atoms with E-state index >= 15 is 0 Å². The minimum absolute atomic E-state index is 0.548. The van der Waals surface area contributed by atoms with Crippen molar-refractivity contribution in [3.05, 3.63) is 23.4 Å². The molecule has 1 aliphatic carbocycles. The van der Waals surface area contributed by atoms with Gasteiger partial charge in [0.15, 0.2) is 0 Å². The van der Waals surface area contributed by atoms with Crippen molar-refractivity contribution >= 4 is 5.82 Å². The van der Waals surface area contributed by atoms with E-state index in [1.54, 1.807) is 7.11 Å². The molecule has 0 amide bonds. The Kier molecular flexibility index (Phi) is 5.38. The molecule has 112 valence electrons. The zero-order valence-corrected chi connectivity index (χ0v) is 13.1. The molecule has 1 aliphatic rings. The van der Waals surface area contributed by atoms with Gasteiger partial charge < -0.3 is 15.0 Å². The van der Waals surface area contributed by atoms with Crippen LogP contribution in [0.4, 0.5) is 5.82 Å². The fourth-order valence-corrected chi connectivity index (χ4v) is 2.66. The van der Waals surface area contributed by atoms with Crippen LogP contribution in [-0.2, 0) is 11.3 Å². The minimum atomic E-state index is 0.548. The van der Waals surface area contributed by atoms with Crippen molar-refractivity contribution in [3.63, 3.8) is 0 Å². The molecule has 1 unspecified atom stereocenters. The lowest BCUT2D eigenvalue weighted by Gasteiger charge is -2.30. The molecule has 1 N–H and O–H groups in total. The summed E-state index contributed by atoms with van der Waals surface area (Å²) in [7, 11) is 3.72. The largest absolute Gasteiger partial charge is 0.383 e. The van der Waals surface area contributed by atoms with E-state index in [0.29, 0.717) is 6.04 Å². The lowest BCUT2D eigenvalue weighted by atomic mass is 10.1. The molecule has 1 aromatic rings. The van der Waals surface area contributed by atoms with E-state index in [2.05, 4.69) is 36.2 Å². The number of hydrogen-bond donors (Lipinski definition) is 1. The topological polar surface area (TPSA) is 37.4 Å². The van der Waals surface area contributed by atoms with E-state index in [1.807, 2.05) is 7.05 Å². The highest BCUT2D eigenvalue weighted by atomic mass is 16.5. The fraction of sp³-hybridized carbons (Fsp3) is 0.688. The predicted octanol–water partition coefficient (Wildman–Crippen LogP) is 2.36. The molecule has 4 heteroatoms. The average molecular weight is 277 g/mol. The van der Waals surface area contributed by atoms with Gasteiger partial charge >= 0.3 is 0 Å². The molecule has 4 nitrogen and oxygen atoms in total. The highest BCUT2D eigenvalue weighted by Crippen LogP contribution is 2.36. The normalized spacial score (nSPS) is 16.2. The van der Waals surface area contributed by atoms with Crippen LogP contribution in [0.5, 0.6) is 0 Å². The van der Waals surface area contributed by atoms with Gasteiger partial charge in [-0.15, -0.1) is 0 Å². The minimum Gasteiger partial charge on any atom is -0.383 e. The maximum atomic E-state index is 5.26. The van der Waals surface area contributed by atoms with Crippen LogP contribution >= 0.6 is 0 Å². The van der Waals surface area contributed by atoms with Crippen LogP contribution in [0.15, 0.2) is 12.1 Å². The number of ether oxygens (including phenoxy) is 1. The molecule has 0 bridgehead atoms. The maximum Gasteiger partial charge on any atom is 0.129 e. The summed E-state index contributed by atoms with van der Waals surface area (Å²) >= 11 is 0. The van der Waals surface area contributed by atoms with Gasteiger partial charge in [-0.25, -0.2) is 4.98 Å². The van der Waals surface area contributed by atoms with Crippen molar-refractivity contribution in [1.82, 2.24) is 10.3 Å². The molecule has 20 heavy (non-hydrogen) atoms. The Bertz CT molecular complexity index is 432. The van der Waals surface area contributed by atoms with Crippen molar-refractivity contribution < 1.29 is 4.74 Å². The standard InChI is InChI=1S/C16H27N3O/c1-12-15(11-17-3)7-8-16(18-12)19(9-10-20-4)13(2)14-5-6-14/h7-8,13-14,17H,5-6,9-11H2,1-4H3. The first-order valence-electron chi connectivity index (χ1n) is 7.54. The van der Waals surface area contributed by atoms with Gasteiger partial charge in [0.1, 0.15) is 5.82 Å². The van der Waals surface area contributed by atoms with Gasteiger partial charge in [-0.1, -0.05) is 6.07 Å². The summed E-state index contributed by atoms with van der Waals surface area (Å²) in [6, 6.07) is 4.88. The second kappa shape index (κ2) is 7.04. The van der Waals surface area contributed by atoms with Gasteiger partial charge in [0, 0.05) is 31.9 Å². The van der Waals surface area contributed by atoms with E-state index in [4.69, 9.17) is 9.72 Å². The summed E-state index contributed by atoms with van der Waals surface area (Å²) in [6.45, 7) is 6.93. The van der Waals surface area contributed by atoms with Crippen LogP contribution in [0, 0.1) is 12.8 Å². The molecule has 1 heterocycles. The summed E-state index contributed by atoms with van der Waals surface area (Å²) in [5.41, 5.74) is 2.38. The first-order chi connectivity index (χ1) is 9.67. The molecule has 0 saturated heterocycles. The van der Waals surface area contributed by atoms with E-state index in [1.165, 1.54) is 18.4 Å². The number of aromatic nitrogens is 1. The second-order valence-electron chi connectivity index (χ2n) is 5.71. The van der Waals surface area contributed by atoms with Crippen molar-refractivity contribution in [1.29, 1.82) is 0 Å². The number of aryl methyl sites for hydroxylation is 1. The smallest absolute Gasteiger partial charge is 0.129 e. The molecular weight excluding hydrogens is 250 g/mol. The lowest BCUT2D eigenvalue weighted by molar-refractivity contribution is 0.202. The average Bonchev–Trinajstić information content (AvgIpc) is 3.26. The number of rotatable bonds is 8. The Balaban J connectivity index is 2.16. The number of methoxy groups -OCH3 is 1. The maximum absolute atomic E-state index is 5.26. The van der Waals surface area contributed by atoms with Crippen molar-refractivity contribution in [3.8, 4) is 0 Å². The van der Waals surface area contributed by atoms with Gasteiger partial charge in [0.05, 0.1) is 6.61 Å². The molecule has 2 rings (SSSR count). The van der Waals surface area contributed by atoms with Gasteiger partial charge in [-0.05, 0) is 51.3 Å². The Morgan fingerprint density at radius 3 is 2.75 bits per heavy atom. The van der Waals surface area contributed by atoms with Crippen LogP contribution in [0.3, 0.4) is 0 Å². The van der Waals surface area contributed by atoms with Crippen molar-refractivity contribution in [2.24, 2.45) is 5.92 Å². The molecule has 0 radical (unpaired) electrons. The van der Waals surface area contributed by atoms with Crippen molar-refractivity contribution in [2.75, 3.05) is 32.2 Å². The van der Waals surface area contributed by atoms with Crippen LogP contribution in [-0.4, -0.2) is 38.3 Å². The monoisotopic (exact) mass is 277 g/mol. The third-order valence-corrected chi connectivity index (χ3v) is 4.17. The Labute approximate surface area is 122 Å². The quantitative estimate of drug-likeness (QED) is 0.791. The van der Waals surface area contributed by atoms with Crippen LogP contribution in [0.25, 0.3) is 0 Å². The molecule has 1 aromatic heterocycles. The molecule has 1 saturated carbocycles. The van der Waals surface area contributed by atoms with Crippen molar-refractivity contribution in [2.45, 2.75) is 39.3 Å². The Hall–Kier alpha value is -1.13. The van der Waals surface area contributed by atoms with Gasteiger partial charge in [0.2, 0.25) is 0 Å². The molecule has 0 spiro atoms. The summed E-state index contributed by atoms with van der Waals surface area (Å²) in [5, 5.41) is 3.19. The van der Waals surface area contributed by atoms with Gasteiger partial charge in [0.25, 0.3) is 0 Å². The highest BCUT2D eigenvalue weighted by Gasteiger charge is 2.32.